The SMILES string of the molecule is NCCCC[C@@](NC(=O)OCC1c2ccccc2-c2ccccc21)(C(=O)OCC1c2ccccc2-c2ccccc21)C(=O)On1c(O)ccc1O. The number of rotatable bonds is 12. The second-order valence-corrected chi connectivity index (χ2v) is 12.7. The minimum absolute atomic E-state index is 0.0857. The van der Waals surface area contributed by atoms with Crippen LogP contribution in [0.15, 0.2) is 109 Å². The van der Waals surface area contributed by atoms with Crippen LogP contribution in [0.2, 0.25) is 0 Å². The highest BCUT2D eigenvalue weighted by atomic mass is 16.7. The van der Waals surface area contributed by atoms with Crippen LogP contribution in [0.5, 0.6) is 11.8 Å². The first-order valence-corrected chi connectivity index (χ1v) is 16.8. The smallest absolute Gasteiger partial charge is 0.408 e. The summed E-state index contributed by atoms with van der Waals surface area (Å²) < 4.78 is 12.1. The van der Waals surface area contributed by atoms with Crippen molar-refractivity contribution in [2.75, 3.05) is 19.8 Å². The minimum Gasteiger partial charge on any atom is -0.492 e. The molecule has 0 saturated carbocycles. The first-order chi connectivity index (χ1) is 24.8. The molecule has 11 heteroatoms. The number of hydrogen-bond donors (Lipinski definition) is 4. The Labute approximate surface area is 294 Å². The Morgan fingerprint density at radius 1 is 0.627 bits per heavy atom. The van der Waals surface area contributed by atoms with Gasteiger partial charge in [0.25, 0.3) is 0 Å². The largest absolute Gasteiger partial charge is 0.492 e. The Bertz CT molecular complexity index is 2000. The van der Waals surface area contributed by atoms with E-state index in [1.807, 2.05) is 97.1 Å². The Balaban J connectivity index is 1.18. The van der Waals surface area contributed by atoms with Gasteiger partial charge in [-0.15, -0.1) is 4.73 Å². The number of nitrogens with one attached hydrogen (secondary N) is 1. The number of amides is 1. The van der Waals surface area contributed by atoms with Crippen LogP contribution in [-0.2, 0) is 19.1 Å². The van der Waals surface area contributed by atoms with Gasteiger partial charge in [0, 0.05) is 24.0 Å². The van der Waals surface area contributed by atoms with Gasteiger partial charge in [0.1, 0.15) is 13.2 Å². The molecule has 0 spiro atoms. The molecule has 1 aromatic heterocycles. The molecule has 0 aliphatic heterocycles. The average molecular weight is 688 g/mol. The summed E-state index contributed by atoms with van der Waals surface area (Å²) in [4.78, 5) is 47.6. The van der Waals surface area contributed by atoms with Crippen LogP contribution < -0.4 is 15.9 Å². The van der Waals surface area contributed by atoms with E-state index in [9.17, 15) is 24.6 Å². The number of hydrogen-bond acceptors (Lipinski definition) is 9. The lowest BCUT2D eigenvalue weighted by atomic mass is 9.92. The van der Waals surface area contributed by atoms with Crippen molar-refractivity contribution >= 4 is 18.0 Å². The van der Waals surface area contributed by atoms with Gasteiger partial charge in [-0.05, 0) is 70.3 Å². The number of carbonyl (C=O) groups is 3. The van der Waals surface area contributed by atoms with Crippen molar-refractivity contribution in [3.05, 3.63) is 131 Å². The molecule has 11 nitrogen and oxygen atoms in total. The molecule has 5 N–H and O–H groups in total. The lowest BCUT2D eigenvalue weighted by molar-refractivity contribution is -0.168. The molecule has 51 heavy (non-hydrogen) atoms. The Hall–Kier alpha value is -6.07. The molecule has 0 saturated heterocycles. The van der Waals surface area contributed by atoms with E-state index in [1.54, 1.807) is 0 Å². The predicted molar refractivity (Wildman–Crippen MR) is 188 cm³/mol. The van der Waals surface area contributed by atoms with Gasteiger partial charge in [0.05, 0.1) is 0 Å². The van der Waals surface area contributed by atoms with Crippen molar-refractivity contribution in [2.24, 2.45) is 5.73 Å². The van der Waals surface area contributed by atoms with E-state index in [1.165, 1.54) is 0 Å². The van der Waals surface area contributed by atoms with Crippen molar-refractivity contribution in [1.29, 1.82) is 0 Å². The van der Waals surface area contributed by atoms with Crippen molar-refractivity contribution in [3.63, 3.8) is 0 Å². The van der Waals surface area contributed by atoms with E-state index in [2.05, 4.69) is 5.32 Å². The number of alkyl carbamates (subject to hydrolysis) is 1. The standard InChI is InChI=1S/C40H37N3O8/c41-22-10-9-21-40(38(47)51-43-35(44)19-20-36(43)45,37(46)49-23-33-29-15-5-1-11-25(29)26-12-2-6-16-30(26)33)42-39(48)50-24-34-31-17-7-3-13-27(31)28-14-4-8-18-32(28)34/h1-8,11-20,33-34,44-45H,9-10,21-24,41H2,(H,42,48)/t40-/m1/s1. The maximum Gasteiger partial charge on any atom is 0.408 e. The van der Waals surface area contributed by atoms with Crippen molar-refractivity contribution in [2.45, 2.75) is 36.6 Å². The van der Waals surface area contributed by atoms with Gasteiger partial charge >= 0.3 is 18.0 Å². The molecule has 0 radical (unpaired) electrons. The zero-order valence-electron chi connectivity index (χ0n) is 27.7. The molecule has 2 aliphatic carbocycles. The quantitative estimate of drug-likeness (QED) is 0.0741. The Morgan fingerprint density at radius 3 is 1.51 bits per heavy atom. The highest BCUT2D eigenvalue weighted by Gasteiger charge is 2.52. The van der Waals surface area contributed by atoms with Crippen LogP contribution in [0.25, 0.3) is 22.3 Å². The molecule has 0 fully saturated rings. The summed E-state index contributed by atoms with van der Waals surface area (Å²) in [7, 11) is 0. The fourth-order valence-corrected chi connectivity index (χ4v) is 7.17. The van der Waals surface area contributed by atoms with Gasteiger partial charge in [0.2, 0.25) is 17.3 Å². The molecule has 7 rings (SSSR count). The summed E-state index contributed by atoms with van der Waals surface area (Å²) in [5.74, 6) is -4.23. The molecule has 1 atom stereocenters. The number of aromatic hydroxyl groups is 2. The number of ether oxygens (including phenoxy) is 2. The zero-order chi connectivity index (χ0) is 35.5. The second kappa shape index (κ2) is 14.0. The van der Waals surface area contributed by atoms with Crippen LogP contribution >= 0.6 is 0 Å². The number of nitrogens with zero attached hydrogens (tertiary/aromatic N) is 1. The number of fused-ring (bicyclic) bond motifs is 6. The fraction of sp³-hybridized carbons (Fsp3) is 0.225. The first kappa shape index (κ1) is 33.4. The third-order valence-corrected chi connectivity index (χ3v) is 9.68. The van der Waals surface area contributed by atoms with E-state index in [0.29, 0.717) is 11.2 Å². The summed E-state index contributed by atoms with van der Waals surface area (Å²) in [6.45, 7) is 0.0166. The van der Waals surface area contributed by atoms with Crippen LogP contribution in [0.4, 0.5) is 4.79 Å². The van der Waals surface area contributed by atoms with E-state index in [4.69, 9.17) is 20.0 Å². The van der Waals surface area contributed by atoms with Crippen molar-refractivity contribution < 1.29 is 38.9 Å². The second-order valence-electron chi connectivity index (χ2n) is 12.7. The molecule has 0 bridgehead atoms. The number of carbonyl (C=O) groups excluding carboxylic acids is 3. The summed E-state index contributed by atoms with van der Waals surface area (Å²) >= 11 is 0. The van der Waals surface area contributed by atoms with Gasteiger partial charge in [0.15, 0.2) is 0 Å². The van der Waals surface area contributed by atoms with Crippen LogP contribution in [0, 0.1) is 0 Å². The lowest BCUT2D eigenvalue weighted by Crippen LogP contribution is -2.63. The normalized spacial score (nSPS) is 14.1. The van der Waals surface area contributed by atoms with Crippen molar-refractivity contribution in [1.82, 2.24) is 10.0 Å². The first-order valence-electron chi connectivity index (χ1n) is 16.8. The van der Waals surface area contributed by atoms with Crippen LogP contribution in [-0.4, -0.2) is 58.3 Å². The number of unbranched alkanes of at least 4 members (excludes halogenated alkanes) is 1. The molecule has 1 amide bonds. The van der Waals surface area contributed by atoms with Gasteiger partial charge in [-0.1, -0.05) is 97.1 Å². The molecule has 4 aromatic carbocycles. The van der Waals surface area contributed by atoms with Gasteiger partial charge in [-0.3, -0.25) is 5.32 Å². The van der Waals surface area contributed by atoms with E-state index in [-0.39, 0.29) is 44.4 Å². The summed E-state index contributed by atoms with van der Waals surface area (Å²) in [6.07, 6.45) is -0.718. The number of benzene rings is 4. The number of aromatic nitrogens is 1. The van der Waals surface area contributed by atoms with E-state index >= 15 is 0 Å². The maximum absolute atomic E-state index is 14.3. The fourth-order valence-electron chi connectivity index (χ4n) is 7.17. The minimum atomic E-state index is -2.45. The molecule has 5 aromatic rings. The Kier molecular flexibility index (Phi) is 9.20. The van der Waals surface area contributed by atoms with Gasteiger partial charge in [-0.25, -0.2) is 14.4 Å². The summed E-state index contributed by atoms with van der Waals surface area (Å²) in [5.41, 5.74) is 11.3. The van der Waals surface area contributed by atoms with E-state index in [0.717, 1.165) is 56.6 Å². The van der Waals surface area contributed by atoms with Gasteiger partial charge in [-0.2, -0.15) is 0 Å². The Morgan fingerprint density at radius 2 is 1.06 bits per heavy atom. The lowest BCUT2D eigenvalue weighted by Gasteiger charge is -2.30. The third kappa shape index (κ3) is 6.16. The highest BCUT2D eigenvalue weighted by molar-refractivity contribution is 6.07. The molecule has 1 heterocycles. The molecule has 260 valence electrons. The average Bonchev–Trinajstić information content (AvgIpc) is 3.77. The summed E-state index contributed by atoms with van der Waals surface area (Å²) in [6, 6.07) is 33.5. The van der Waals surface area contributed by atoms with E-state index < -0.39 is 35.3 Å². The molecule has 2 aliphatic rings. The highest BCUT2D eigenvalue weighted by Crippen LogP contribution is 2.46. The monoisotopic (exact) mass is 687 g/mol. The van der Waals surface area contributed by atoms with Crippen LogP contribution in [0.1, 0.15) is 53.4 Å². The maximum atomic E-state index is 14.3. The van der Waals surface area contributed by atoms with Crippen LogP contribution in [0.3, 0.4) is 0 Å². The predicted octanol–water partition coefficient (Wildman–Crippen LogP) is 5.62. The molecular formula is C40H37N3O8. The number of nitrogens with two attached hydrogens (primary N) is 1. The molecule has 0 unspecified atom stereocenters. The topological polar surface area (TPSA) is 162 Å². The zero-order valence-corrected chi connectivity index (χ0v) is 27.7. The van der Waals surface area contributed by atoms with Crippen molar-refractivity contribution in [3.8, 4) is 34.0 Å². The molecular weight excluding hydrogens is 650 g/mol. The van der Waals surface area contributed by atoms with Gasteiger partial charge < -0.3 is 30.3 Å². The summed E-state index contributed by atoms with van der Waals surface area (Å²) in [5, 5.41) is 23.0. The third-order valence-electron chi connectivity index (χ3n) is 9.68. The number of esters is 1.